The van der Waals surface area contributed by atoms with Gasteiger partial charge in [-0.3, -0.25) is 4.79 Å². The summed E-state index contributed by atoms with van der Waals surface area (Å²) in [4.78, 5) is 11.1. The summed E-state index contributed by atoms with van der Waals surface area (Å²) in [6, 6.07) is 0. The van der Waals surface area contributed by atoms with Gasteiger partial charge in [-0.25, -0.2) is 0 Å². The summed E-state index contributed by atoms with van der Waals surface area (Å²) in [5.41, 5.74) is 0. The lowest BCUT2D eigenvalue weighted by Gasteiger charge is -2.21. The van der Waals surface area contributed by atoms with E-state index in [9.17, 15) is 4.79 Å². The van der Waals surface area contributed by atoms with Crippen LogP contribution in [-0.2, 0) is 9.53 Å². The van der Waals surface area contributed by atoms with Crippen LogP contribution in [-0.4, -0.2) is 18.5 Å². The maximum absolute atomic E-state index is 11.1. The Morgan fingerprint density at radius 1 is 1.50 bits per heavy atom. The normalized spacial score (nSPS) is 23.1. The van der Waals surface area contributed by atoms with Gasteiger partial charge in [-0.15, -0.1) is 0 Å². The van der Waals surface area contributed by atoms with Crippen molar-refractivity contribution in [2.24, 2.45) is 5.92 Å². The van der Waals surface area contributed by atoms with Crippen LogP contribution in [0, 0.1) is 5.92 Å². The van der Waals surface area contributed by atoms with Gasteiger partial charge in [0, 0.05) is 19.4 Å². The monoisotopic (exact) mass is 198 g/mol. The Morgan fingerprint density at radius 2 is 2.29 bits per heavy atom. The van der Waals surface area contributed by atoms with Crippen LogP contribution in [0.15, 0.2) is 0 Å². The van der Waals surface area contributed by atoms with E-state index in [0.717, 1.165) is 38.2 Å². The number of carbonyl (C=O) groups excluding carboxylic acids is 1. The lowest BCUT2D eigenvalue weighted by molar-refractivity contribution is -0.124. The largest absolute Gasteiger partial charge is 0.378 e. The summed E-state index contributed by atoms with van der Waals surface area (Å²) in [5, 5.41) is 0. The fourth-order valence-electron chi connectivity index (χ4n) is 1.87. The highest BCUT2D eigenvalue weighted by atomic mass is 16.5. The van der Waals surface area contributed by atoms with Gasteiger partial charge in [0.2, 0.25) is 0 Å². The van der Waals surface area contributed by atoms with E-state index in [1.165, 1.54) is 6.42 Å². The number of rotatable bonds is 5. The molecule has 82 valence electrons. The van der Waals surface area contributed by atoms with Crippen molar-refractivity contribution in [3.05, 3.63) is 0 Å². The maximum Gasteiger partial charge on any atom is 0.135 e. The maximum atomic E-state index is 11.1. The number of carbonyl (C=O) groups is 1. The van der Waals surface area contributed by atoms with Gasteiger partial charge in [0.15, 0.2) is 0 Å². The minimum atomic E-state index is 0.225. The highest BCUT2D eigenvalue weighted by Gasteiger charge is 2.19. The lowest BCUT2D eigenvalue weighted by atomic mass is 9.96. The smallest absolute Gasteiger partial charge is 0.135 e. The van der Waals surface area contributed by atoms with E-state index in [1.807, 2.05) is 0 Å². The average molecular weight is 198 g/mol. The molecule has 0 aromatic heterocycles. The van der Waals surface area contributed by atoms with Crippen LogP contribution in [0.1, 0.15) is 52.4 Å². The molecule has 0 bridgehead atoms. The minimum Gasteiger partial charge on any atom is -0.378 e. The second kappa shape index (κ2) is 6.18. The van der Waals surface area contributed by atoms with Crippen LogP contribution in [0.5, 0.6) is 0 Å². The number of hydrogen-bond donors (Lipinski definition) is 0. The second-order valence-electron chi connectivity index (χ2n) is 4.66. The zero-order valence-electron chi connectivity index (χ0n) is 9.42. The molecule has 0 aromatic carbocycles. The van der Waals surface area contributed by atoms with Crippen LogP contribution in [0.25, 0.3) is 0 Å². The molecule has 0 heterocycles. The number of Topliss-reactive ketones (excluding diaryl/α,β-unsaturated/α-hetero) is 1. The van der Waals surface area contributed by atoms with Crippen molar-refractivity contribution >= 4 is 5.78 Å². The van der Waals surface area contributed by atoms with Crippen molar-refractivity contribution in [2.45, 2.75) is 58.5 Å². The van der Waals surface area contributed by atoms with Crippen LogP contribution < -0.4 is 0 Å². The topological polar surface area (TPSA) is 26.3 Å². The molecule has 0 radical (unpaired) electrons. The summed E-state index contributed by atoms with van der Waals surface area (Å²) in [7, 11) is 0. The van der Waals surface area contributed by atoms with Crippen molar-refractivity contribution in [1.29, 1.82) is 0 Å². The lowest BCUT2D eigenvalue weighted by Crippen LogP contribution is -2.23. The molecule has 14 heavy (non-hydrogen) atoms. The molecular formula is C12H22O2. The Balaban J connectivity index is 2.03. The van der Waals surface area contributed by atoms with Gasteiger partial charge < -0.3 is 4.74 Å². The first kappa shape index (κ1) is 11.7. The molecule has 1 fully saturated rings. The van der Waals surface area contributed by atoms with Gasteiger partial charge in [0.1, 0.15) is 5.78 Å². The summed E-state index contributed by atoms with van der Waals surface area (Å²) in [6.45, 7) is 5.28. The van der Waals surface area contributed by atoms with E-state index in [2.05, 4.69) is 13.8 Å². The molecule has 1 unspecified atom stereocenters. The summed E-state index contributed by atoms with van der Waals surface area (Å²) >= 11 is 0. The van der Waals surface area contributed by atoms with Gasteiger partial charge >= 0.3 is 0 Å². The van der Waals surface area contributed by atoms with Crippen molar-refractivity contribution in [3.8, 4) is 0 Å². The summed E-state index contributed by atoms with van der Waals surface area (Å²) in [5.74, 6) is 1.14. The SMILES string of the molecule is CC(C)CCCOC1CCCC(=O)C1. The van der Waals surface area contributed by atoms with E-state index >= 15 is 0 Å². The first-order valence-corrected chi connectivity index (χ1v) is 5.82. The van der Waals surface area contributed by atoms with E-state index < -0.39 is 0 Å². The first-order valence-electron chi connectivity index (χ1n) is 5.82. The summed E-state index contributed by atoms with van der Waals surface area (Å²) in [6.07, 6.45) is 6.10. The molecular weight excluding hydrogens is 176 g/mol. The minimum absolute atomic E-state index is 0.225. The Labute approximate surface area is 87.0 Å². The molecule has 1 aliphatic rings. The second-order valence-corrected chi connectivity index (χ2v) is 4.66. The average Bonchev–Trinajstić information content (AvgIpc) is 2.12. The quantitative estimate of drug-likeness (QED) is 0.635. The molecule has 2 nitrogen and oxygen atoms in total. The fourth-order valence-corrected chi connectivity index (χ4v) is 1.87. The number of hydrogen-bond acceptors (Lipinski definition) is 2. The third kappa shape index (κ3) is 4.75. The Hall–Kier alpha value is -0.370. The van der Waals surface area contributed by atoms with Crippen LogP contribution in [0.3, 0.4) is 0 Å². The van der Waals surface area contributed by atoms with Gasteiger partial charge in [0.05, 0.1) is 6.10 Å². The zero-order chi connectivity index (χ0) is 10.4. The Bertz CT molecular complexity index is 175. The Morgan fingerprint density at radius 3 is 2.93 bits per heavy atom. The summed E-state index contributed by atoms with van der Waals surface area (Å²) < 4.78 is 5.68. The predicted octanol–water partition coefficient (Wildman–Crippen LogP) is 2.95. The highest BCUT2D eigenvalue weighted by Crippen LogP contribution is 2.18. The fraction of sp³-hybridized carbons (Fsp3) is 0.917. The van der Waals surface area contributed by atoms with E-state index in [0.29, 0.717) is 12.2 Å². The predicted molar refractivity (Wildman–Crippen MR) is 57.3 cm³/mol. The van der Waals surface area contributed by atoms with Crippen LogP contribution in [0.4, 0.5) is 0 Å². The molecule has 0 aromatic rings. The van der Waals surface area contributed by atoms with Gasteiger partial charge in [0.25, 0.3) is 0 Å². The highest BCUT2D eigenvalue weighted by molar-refractivity contribution is 5.79. The van der Waals surface area contributed by atoms with Crippen molar-refractivity contribution in [2.75, 3.05) is 6.61 Å². The van der Waals surface area contributed by atoms with Gasteiger partial charge in [-0.1, -0.05) is 13.8 Å². The van der Waals surface area contributed by atoms with Crippen molar-refractivity contribution < 1.29 is 9.53 Å². The molecule has 1 aliphatic carbocycles. The molecule has 0 amide bonds. The first-order chi connectivity index (χ1) is 6.68. The molecule has 0 saturated heterocycles. The molecule has 2 heteroatoms. The third-order valence-electron chi connectivity index (χ3n) is 2.72. The Kier molecular flexibility index (Phi) is 5.16. The van der Waals surface area contributed by atoms with E-state index in [1.54, 1.807) is 0 Å². The van der Waals surface area contributed by atoms with Crippen LogP contribution in [0.2, 0.25) is 0 Å². The molecule has 0 aliphatic heterocycles. The molecule has 0 spiro atoms. The molecule has 1 atom stereocenters. The standard InChI is InChI=1S/C12H22O2/c1-10(2)5-4-8-14-12-7-3-6-11(13)9-12/h10,12H,3-9H2,1-2H3. The molecule has 1 saturated carbocycles. The molecule has 1 rings (SSSR count). The number of ketones is 1. The number of ether oxygens (including phenoxy) is 1. The molecule has 0 N–H and O–H groups in total. The van der Waals surface area contributed by atoms with Gasteiger partial charge in [-0.2, -0.15) is 0 Å². The van der Waals surface area contributed by atoms with Crippen molar-refractivity contribution in [3.63, 3.8) is 0 Å². The van der Waals surface area contributed by atoms with E-state index in [4.69, 9.17) is 4.74 Å². The van der Waals surface area contributed by atoms with Gasteiger partial charge in [-0.05, 0) is 31.6 Å². The third-order valence-corrected chi connectivity index (χ3v) is 2.72. The van der Waals surface area contributed by atoms with E-state index in [-0.39, 0.29) is 6.10 Å². The van der Waals surface area contributed by atoms with Crippen LogP contribution >= 0.6 is 0 Å². The van der Waals surface area contributed by atoms with Crippen molar-refractivity contribution in [1.82, 2.24) is 0 Å². The zero-order valence-corrected chi connectivity index (χ0v) is 9.42.